The standard InChI is InChI=1S/C34H48O13/c1-17-28(46-19(3)37)29(42-5)27(39)30(44-17)47-21-6-9-32(16-35)26-23(7-10-33(32,40)13-21)34(41)11-8-22(20-12-25(38)43-15-20)31(34,4)14-24(26)45-18(2)36/h12,16-17,21-24,26-30,39-41H,6-11,13-15H2,1-5H3/t17?,21-,22+,23?,24+,26?,27?,28?,29?,30?,31+,32-,33-,34-/m0/s1. The molecule has 3 N–H and O–H groups in total. The van der Waals surface area contributed by atoms with Crippen molar-refractivity contribution in [1.82, 2.24) is 0 Å². The molecule has 4 aliphatic carbocycles. The number of methoxy groups -OCH3 is 1. The summed E-state index contributed by atoms with van der Waals surface area (Å²) in [5.41, 5.74) is -4.08. The van der Waals surface area contributed by atoms with Crippen LogP contribution in [-0.4, -0.2) is 107 Å². The number of hydrogen-bond donors (Lipinski definition) is 3. The lowest BCUT2D eigenvalue weighted by Crippen LogP contribution is -2.72. The topological polar surface area (TPSA) is 184 Å². The van der Waals surface area contributed by atoms with Crippen molar-refractivity contribution in [2.24, 2.45) is 28.6 Å². The summed E-state index contributed by atoms with van der Waals surface area (Å²) in [4.78, 5) is 49.6. The summed E-state index contributed by atoms with van der Waals surface area (Å²) in [6.07, 6.45) is -1.45. The number of fused-ring (bicyclic) bond motifs is 5. The van der Waals surface area contributed by atoms with Crippen LogP contribution < -0.4 is 0 Å². The van der Waals surface area contributed by atoms with Gasteiger partial charge in [0.05, 0.1) is 28.8 Å². The number of aliphatic hydroxyl groups excluding tert-OH is 1. The van der Waals surface area contributed by atoms with Crippen LogP contribution in [0.3, 0.4) is 0 Å². The third-order valence-corrected chi connectivity index (χ3v) is 12.7. The fraction of sp³-hybridized carbons (Fsp3) is 0.824. The Morgan fingerprint density at radius 2 is 1.74 bits per heavy atom. The van der Waals surface area contributed by atoms with Gasteiger partial charge in [-0.3, -0.25) is 9.59 Å². The molecule has 0 aromatic rings. The van der Waals surface area contributed by atoms with E-state index in [1.807, 2.05) is 6.92 Å². The highest BCUT2D eigenvalue weighted by Crippen LogP contribution is 2.71. The van der Waals surface area contributed by atoms with Crippen molar-refractivity contribution in [3.8, 4) is 0 Å². The molecule has 0 aromatic heterocycles. The lowest BCUT2D eigenvalue weighted by atomic mass is 9.41. The van der Waals surface area contributed by atoms with Crippen molar-refractivity contribution in [3.63, 3.8) is 0 Å². The minimum Gasteiger partial charge on any atom is -0.462 e. The van der Waals surface area contributed by atoms with E-state index in [0.717, 1.165) is 11.9 Å². The molecule has 4 saturated carbocycles. The molecule has 2 heterocycles. The molecular weight excluding hydrogens is 616 g/mol. The number of esters is 3. The van der Waals surface area contributed by atoms with Gasteiger partial charge < -0.3 is 48.5 Å². The van der Waals surface area contributed by atoms with Gasteiger partial charge in [0.1, 0.15) is 31.2 Å². The average Bonchev–Trinajstić information content (AvgIpc) is 3.54. The van der Waals surface area contributed by atoms with Gasteiger partial charge in [-0.25, -0.2) is 4.79 Å². The van der Waals surface area contributed by atoms with Crippen molar-refractivity contribution >= 4 is 24.2 Å². The highest BCUT2D eigenvalue weighted by atomic mass is 16.7. The predicted molar refractivity (Wildman–Crippen MR) is 160 cm³/mol. The van der Waals surface area contributed by atoms with Gasteiger partial charge in [0, 0.05) is 44.8 Å². The van der Waals surface area contributed by atoms with Crippen LogP contribution >= 0.6 is 0 Å². The van der Waals surface area contributed by atoms with Crippen LogP contribution in [-0.2, 0) is 47.6 Å². The number of carbonyl (C=O) groups is 4. The lowest BCUT2D eigenvalue weighted by molar-refractivity contribution is -0.323. The van der Waals surface area contributed by atoms with Crippen LogP contribution in [0.5, 0.6) is 0 Å². The average molecular weight is 665 g/mol. The maximum atomic E-state index is 13.4. The first-order valence-electron chi connectivity index (χ1n) is 16.8. The molecule has 7 unspecified atom stereocenters. The molecule has 0 spiro atoms. The van der Waals surface area contributed by atoms with E-state index in [0.29, 0.717) is 25.7 Å². The van der Waals surface area contributed by atoms with Gasteiger partial charge >= 0.3 is 17.9 Å². The molecule has 47 heavy (non-hydrogen) atoms. The quantitative estimate of drug-likeness (QED) is 0.154. The number of aliphatic hydroxyl groups is 3. The first kappa shape index (κ1) is 34.4. The minimum atomic E-state index is -1.56. The summed E-state index contributed by atoms with van der Waals surface area (Å²) in [6.45, 7) is 6.41. The van der Waals surface area contributed by atoms with E-state index in [1.165, 1.54) is 27.0 Å². The smallest absolute Gasteiger partial charge is 0.331 e. The summed E-state index contributed by atoms with van der Waals surface area (Å²) < 4.78 is 34.2. The number of ether oxygens (including phenoxy) is 6. The lowest BCUT2D eigenvalue weighted by Gasteiger charge is -2.66. The number of rotatable bonds is 7. The highest BCUT2D eigenvalue weighted by molar-refractivity contribution is 5.85. The molecule has 5 fully saturated rings. The van der Waals surface area contributed by atoms with Gasteiger partial charge in [-0.2, -0.15) is 0 Å². The second kappa shape index (κ2) is 12.2. The van der Waals surface area contributed by atoms with Crippen molar-refractivity contribution in [2.75, 3.05) is 13.7 Å². The van der Waals surface area contributed by atoms with Gasteiger partial charge in [0.2, 0.25) is 0 Å². The Balaban J connectivity index is 1.27. The van der Waals surface area contributed by atoms with Crippen LogP contribution in [0.25, 0.3) is 0 Å². The molecule has 0 aromatic carbocycles. The Hall–Kier alpha value is -2.42. The van der Waals surface area contributed by atoms with Crippen LogP contribution in [0.4, 0.5) is 0 Å². The fourth-order valence-electron chi connectivity index (χ4n) is 10.7. The zero-order valence-electron chi connectivity index (χ0n) is 27.7. The zero-order chi connectivity index (χ0) is 34.1. The Bertz CT molecular complexity index is 1320. The number of cyclic esters (lactones) is 1. The van der Waals surface area contributed by atoms with E-state index >= 15 is 0 Å². The summed E-state index contributed by atoms with van der Waals surface area (Å²) in [7, 11) is 1.40. The molecule has 6 aliphatic rings. The fourth-order valence-corrected chi connectivity index (χ4v) is 10.7. The molecule has 13 heteroatoms. The number of hydrogen-bond acceptors (Lipinski definition) is 13. The van der Waals surface area contributed by atoms with Gasteiger partial charge in [0.25, 0.3) is 0 Å². The Morgan fingerprint density at radius 3 is 2.36 bits per heavy atom. The van der Waals surface area contributed by atoms with Gasteiger partial charge in [0.15, 0.2) is 12.4 Å². The number of aldehydes is 1. The predicted octanol–water partition coefficient (Wildman–Crippen LogP) is 1.52. The van der Waals surface area contributed by atoms with E-state index in [1.54, 1.807) is 6.92 Å². The van der Waals surface area contributed by atoms with Gasteiger partial charge in [-0.1, -0.05) is 6.92 Å². The monoisotopic (exact) mass is 664 g/mol. The van der Waals surface area contributed by atoms with Crippen molar-refractivity contribution in [3.05, 3.63) is 11.6 Å². The summed E-state index contributed by atoms with van der Waals surface area (Å²) in [6, 6.07) is 0. The van der Waals surface area contributed by atoms with E-state index in [-0.39, 0.29) is 38.2 Å². The van der Waals surface area contributed by atoms with Crippen LogP contribution in [0.2, 0.25) is 0 Å². The molecule has 0 radical (unpaired) electrons. The largest absolute Gasteiger partial charge is 0.462 e. The van der Waals surface area contributed by atoms with Crippen LogP contribution in [0, 0.1) is 28.6 Å². The second-order valence-corrected chi connectivity index (χ2v) is 14.9. The zero-order valence-corrected chi connectivity index (χ0v) is 27.7. The highest BCUT2D eigenvalue weighted by Gasteiger charge is 2.74. The maximum absolute atomic E-state index is 13.4. The first-order chi connectivity index (χ1) is 22.1. The van der Waals surface area contributed by atoms with Crippen LogP contribution in [0.15, 0.2) is 11.6 Å². The van der Waals surface area contributed by atoms with Crippen molar-refractivity contribution in [2.45, 2.75) is 133 Å². The molecular formula is C34H48O13. The summed E-state index contributed by atoms with van der Waals surface area (Å²) in [5.74, 6) is -2.75. The van der Waals surface area contributed by atoms with Crippen molar-refractivity contribution in [1.29, 1.82) is 0 Å². The molecule has 2 aliphatic heterocycles. The molecule has 13 nitrogen and oxygen atoms in total. The normalized spacial score (nSPS) is 49.1. The van der Waals surface area contributed by atoms with Gasteiger partial charge in [-0.15, -0.1) is 0 Å². The molecule has 0 bridgehead atoms. The van der Waals surface area contributed by atoms with Gasteiger partial charge in [-0.05, 0) is 69.3 Å². The van der Waals surface area contributed by atoms with Crippen molar-refractivity contribution < 1.29 is 62.9 Å². The second-order valence-electron chi connectivity index (χ2n) is 14.9. The minimum absolute atomic E-state index is 0.0540. The Morgan fingerprint density at radius 1 is 1.02 bits per heavy atom. The first-order valence-corrected chi connectivity index (χ1v) is 16.8. The Labute approximate surface area is 274 Å². The summed E-state index contributed by atoms with van der Waals surface area (Å²) >= 11 is 0. The Kier molecular flexibility index (Phi) is 8.92. The molecule has 262 valence electrons. The SMILES string of the molecule is COC1C(O)C(O[C@H]2CC[C@]3(C=O)C4C(CC[C@]3(O)C2)[C@@]2(O)CC[C@H](C3=CC(=O)OC3)[C@@]2(C)C[C@H]4OC(C)=O)OC(C)C1OC(C)=O. The molecule has 14 atom stereocenters. The molecule has 6 rings (SSSR count). The molecule has 0 amide bonds. The third kappa shape index (κ3) is 5.27. The van der Waals surface area contributed by atoms with Crippen LogP contribution in [0.1, 0.15) is 79.1 Å². The van der Waals surface area contributed by atoms with E-state index < -0.39 is 94.7 Å². The van der Waals surface area contributed by atoms with E-state index in [9.17, 15) is 34.5 Å². The maximum Gasteiger partial charge on any atom is 0.331 e. The number of carbonyl (C=O) groups excluding carboxylic acids is 4. The van der Waals surface area contributed by atoms with E-state index in [2.05, 4.69) is 0 Å². The third-order valence-electron chi connectivity index (χ3n) is 12.7. The molecule has 1 saturated heterocycles. The van der Waals surface area contributed by atoms with E-state index in [4.69, 9.17) is 28.4 Å². The summed E-state index contributed by atoms with van der Waals surface area (Å²) in [5, 5.41) is 36.2.